The van der Waals surface area contributed by atoms with Crippen molar-refractivity contribution >= 4 is 5.95 Å². The summed E-state index contributed by atoms with van der Waals surface area (Å²) in [6.45, 7) is 9.50. The van der Waals surface area contributed by atoms with Crippen LogP contribution in [0.15, 0.2) is 6.07 Å². The van der Waals surface area contributed by atoms with Gasteiger partial charge in [0.15, 0.2) is 0 Å². The molecular weight excluding hydrogens is 236 g/mol. The molecule has 4 heteroatoms. The fourth-order valence-corrected chi connectivity index (χ4v) is 2.19. The third-order valence-corrected chi connectivity index (χ3v) is 3.84. The summed E-state index contributed by atoms with van der Waals surface area (Å²) >= 11 is 0. The summed E-state index contributed by atoms with van der Waals surface area (Å²) in [5.74, 6) is 1.20. The Bertz CT molecular complexity index is 426. The van der Waals surface area contributed by atoms with Crippen molar-refractivity contribution in [2.24, 2.45) is 0 Å². The summed E-state index contributed by atoms with van der Waals surface area (Å²) in [7, 11) is 2.21. The van der Waals surface area contributed by atoms with E-state index in [0.717, 1.165) is 29.9 Å². The lowest BCUT2D eigenvalue weighted by atomic mass is 10.1. The molecule has 1 heterocycles. The summed E-state index contributed by atoms with van der Waals surface area (Å²) in [6, 6.07) is 3.37. The Labute approximate surface area is 116 Å². The highest BCUT2D eigenvalue weighted by molar-refractivity contribution is 5.29. The Morgan fingerprint density at radius 1 is 1.32 bits per heavy atom. The molecule has 1 aliphatic carbocycles. The average molecular weight is 262 g/mol. The molecule has 106 valence electrons. The molecule has 0 saturated heterocycles. The van der Waals surface area contributed by atoms with E-state index in [0.29, 0.717) is 12.0 Å². The van der Waals surface area contributed by atoms with E-state index in [-0.39, 0.29) is 0 Å². The third-order valence-electron chi connectivity index (χ3n) is 3.84. The van der Waals surface area contributed by atoms with E-state index in [1.165, 1.54) is 12.8 Å². The van der Waals surface area contributed by atoms with Gasteiger partial charge >= 0.3 is 0 Å². The van der Waals surface area contributed by atoms with Crippen molar-refractivity contribution in [3.8, 4) is 0 Å². The smallest absolute Gasteiger partial charge is 0.223 e. The van der Waals surface area contributed by atoms with Gasteiger partial charge in [0.1, 0.15) is 0 Å². The molecule has 4 nitrogen and oxygen atoms in total. The van der Waals surface area contributed by atoms with Crippen LogP contribution in [0.3, 0.4) is 0 Å². The second kappa shape index (κ2) is 5.87. The van der Waals surface area contributed by atoms with Gasteiger partial charge in [0.05, 0.1) is 0 Å². The fourth-order valence-electron chi connectivity index (χ4n) is 2.19. The molecule has 0 bridgehead atoms. The number of anilines is 1. The van der Waals surface area contributed by atoms with E-state index in [2.05, 4.69) is 54.1 Å². The summed E-state index contributed by atoms with van der Waals surface area (Å²) in [5.41, 5.74) is 2.14. The second-order valence-corrected chi connectivity index (χ2v) is 6.04. The van der Waals surface area contributed by atoms with Crippen molar-refractivity contribution < 1.29 is 0 Å². The number of rotatable bonds is 6. The molecule has 1 fully saturated rings. The largest absolute Gasteiger partial charge is 0.353 e. The first kappa shape index (κ1) is 14.3. The molecule has 0 aliphatic heterocycles. The van der Waals surface area contributed by atoms with Gasteiger partial charge < -0.3 is 5.32 Å². The van der Waals surface area contributed by atoms with Crippen LogP contribution in [-0.4, -0.2) is 40.5 Å². The lowest BCUT2D eigenvalue weighted by molar-refractivity contribution is 0.257. The van der Waals surface area contributed by atoms with Crippen LogP contribution in [0.25, 0.3) is 0 Å². The predicted octanol–water partition coefficient (Wildman–Crippen LogP) is 2.80. The van der Waals surface area contributed by atoms with Crippen molar-refractivity contribution in [3.63, 3.8) is 0 Å². The Hall–Kier alpha value is -1.16. The molecule has 1 aromatic heterocycles. The van der Waals surface area contributed by atoms with Crippen molar-refractivity contribution in [2.75, 3.05) is 18.9 Å². The molecule has 1 N–H and O–H groups in total. The molecule has 0 amide bonds. The summed E-state index contributed by atoms with van der Waals surface area (Å²) in [5, 5.41) is 3.38. The molecule has 0 radical (unpaired) electrons. The Balaban J connectivity index is 1.94. The first-order valence-electron chi connectivity index (χ1n) is 7.28. The second-order valence-electron chi connectivity index (χ2n) is 6.04. The lowest BCUT2D eigenvalue weighted by Crippen LogP contribution is -2.36. The highest BCUT2D eigenvalue weighted by Crippen LogP contribution is 2.26. The fraction of sp³-hybridized carbons (Fsp3) is 0.733. The maximum Gasteiger partial charge on any atom is 0.223 e. The van der Waals surface area contributed by atoms with Gasteiger partial charge in [0, 0.05) is 30.0 Å². The van der Waals surface area contributed by atoms with Gasteiger partial charge in [-0.2, -0.15) is 0 Å². The van der Waals surface area contributed by atoms with E-state index in [4.69, 9.17) is 0 Å². The monoisotopic (exact) mass is 262 g/mol. The number of nitrogens with zero attached hydrogens (tertiary/aromatic N) is 3. The van der Waals surface area contributed by atoms with Gasteiger partial charge in [0.25, 0.3) is 0 Å². The Morgan fingerprint density at radius 3 is 2.58 bits per heavy atom. The lowest BCUT2D eigenvalue weighted by Gasteiger charge is -2.24. The average Bonchev–Trinajstić information content (AvgIpc) is 3.18. The highest BCUT2D eigenvalue weighted by atomic mass is 15.2. The SMILES string of the molecule is Cc1cc(C(C)C)nc(NCC(C)N(C)C2CC2)n1. The normalized spacial score (nSPS) is 17.0. The minimum Gasteiger partial charge on any atom is -0.353 e. The predicted molar refractivity (Wildman–Crippen MR) is 79.6 cm³/mol. The molecule has 0 spiro atoms. The van der Waals surface area contributed by atoms with Crippen molar-refractivity contribution in [1.29, 1.82) is 0 Å². The van der Waals surface area contributed by atoms with Crippen LogP contribution >= 0.6 is 0 Å². The first-order valence-corrected chi connectivity index (χ1v) is 7.28. The van der Waals surface area contributed by atoms with Gasteiger partial charge in [-0.3, -0.25) is 4.90 Å². The number of likely N-dealkylation sites (N-methyl/N-ethyl adjacent to an activating group) is 1. The number of hydrogen-bond acceptors (Lipinski definition) is 4. The molecule has 1 unspecified atom stereocenters. The Morgan fingerprint density at radius 2 is 2.00 bits per heavy atom. The number of aromatic nitrogens is 2. The number of aryl methyl sites for hydroxylation is 1. The molecule has 1 aromatic rings. The van der Waals surface area contributed by atoms with Crippen LogP contribution in [0.2, 0.25) is 0 Å². The van der Waals surface area contributed by atoms with Crippen molar-refractivity contribution in [1.82, 2.24) is 14.9 Å². The zero-order valence-electron chi connectivity index (χ0n) is 12.8. The molecular formula is C15H26N4. The van der Waals surface area contributed by atoms with Crippen LogP contribution in [-0.2, 0) is 0 Å². The third kappa shape index (κ3) is 3.90. The maximum atomic E-state index is 4.58. The number of nitrogens with one attached hydrogen (secondary N) is 1. The standard InChI is InChI=1S/C15H26N4/c1-10(2)14-8-11(3)17-15(18-14)16-9-12(4)19(5)13-6-7-13/h8,10,12-13H,6-7,9H2,1-5H3,(H,16,17,18). The van der Waals surface area contributed by atoms with E-state index >= 15 is 0 Å². The topological polar surface area (TPSA) is 41.1 Å². The molecule has 19 heavy (non-hydrogen) atoms. The summed E-state index contributed by atoms with van der Waals surface area (Å²) in [6.07, 6.45) is 2.69. The molecule has 1 saturated carbocycles. The van der Waals surface area contributed by atoms with E-state index < -0.39 is 0 Å². The van der Waals surface area contributed by atoms with Crippen molar-refractivity contribution in [3.05, 3.63) is 17.5 Å². The van der Waals surface area contributed by atoms with E-state index in [9.17, 15) is 0 Å². The van der Waals surface area contributed by atoms with Crippen LogP contribution in [0, 0.1) is 6.92 Å². The van der Waals surface area contributed by atoms with Crippen molar-refractivity contribution in [2.45, 2.75) is 58.5 Å². The van der Waals surface area contributed by atoms with Gasteiger partial charge in [-0.15, -0.1) is 0 Å². The van der Waals surface area contributed by atoms with Gasteiger partial charge in [-0.1, -0.05) is 13.8 Å². The molecule has 1 aliphatic rings. The minimum absolute atomic E-state index is 0.439. The van der Waals surface area contributed by atoms with E-state index in [1.807, 2.05) is 6.92 Å². The van der Waals surface area contributed by atoms with Gasteiger partial charge in [-0.25, -0.2) is 9.97 Å². The first-order chi connectivity index (χ1) is 8.97. The number of hydrogen-bond donors (Lipinski definition) is 1. The summed E-state index contributed by atoms with van der Waals surface area (Å²) < 4.78 is 0. The van der Waals surface area contributed by atoms with Gasteiger partial charge in [-0.05, 0) is 45.7 Å². The van der Waals surface area contributed by atoms with E-state index in [1.54, 1.807) is 0 Å². The van der Waals surface area contributed by atoms with Gasteiger partial charge in [0.2, 0.25) is 5.95 Å². The Kier molecular flexibility index (Phi) is 4.40. The quantitative estimate of drug-likeness (QED) is 0.856. The van der Waals surface area contributed by atoms with Crippen LogP contribution in [0.1, 0.15) is 50.9 Å². The van der Waals surface area contributed by atoms with Crippen LogP contribution in [0.5, 0.6) is 0 Å². The molecule has 2 rings (SSSR count). The summed E-state index contributed by atoms with van der Waals surface area (Å²) in [4.78, 5) is 11.5. The van der Waals surface area contributed by atoms with Crippen LogP contribution in [0.4, 0.5) is 5.95 Å². The molecule has 1 atom stereocenters. The highest BCUT2D eigenvalue weighted by Gasteiger charge is 2.28. The maximum absolute atomic E-state index is 4.58. The zero-order valence-corrected chi connectivity index (χ0v) is 12.8. The zero-order chi connectivity index (χ0) is 14.0. The van der Waals surface area contributed by atoms with Crippen LogP contribution < -0.4 is 5.32 Å². The molecule has 0 aromatic carbocycles. The minimum atomic E-state index is 0.439.